The van der Waals surface area contributed by atoms with Gasteiger partial charge in [-0.2, -0.15) is 5.26 Å². The van der Waals surface area contributed by atoms with Crippen molar-refractivity contribution in [1.29, 1.82) is 5.26 Å². The van der Waals surface area contributed by atoms with Crippen molar-refractivity contribution in [2.75, 3.05) is 0 Å². The highest BCUT2D eigenvalue weighted by atomic mass is 32.2. The predicted octanol–water partition coefficient (Wildman–Crippen LogP) is 4.00. The van der Waals surface area contributed by atoms with E-state index in [1.807, 2.05) is 32.0 Å². The van der Waals surface area contributed by atoms with Crippen LogP contribution in [0.1, 0.15) is 22.4 Å². The van der Waals surface area contributed by atoms with Gasteiger partial charge in [0.05, 0.1) is 10.6 Å². The Balaban J connectivity index is 2.17. The summed E-state index contributed by atoms with van der Waals surface area (Å²) in [6, 6.07) is 10.7. The van der Waals surface area contributed by atoms with Crippen molar-refractivity contribution in [2.45, 2.75) is 24.6 Å². The number of nitrogens with zero attached hydrogens (tertiary/aromatic N) is 2. The fraction of sp³-hybridized carbons (Fsp3) is 0.200. The zero-order valence-electron chi connectivity index (χ0n) is 10.8. The molecule has 1 aromatic carbocycles. The maximum Gasteiger partial charge on any atom is 0.144 e. The average molecular weight is 272 g/mol. The first kappa shape index (κ1) is 13.6. The van der Waals surface area contributed by atoms with Gasteiger partial charge in [-0.3, -0.25) is 0 Å². The minimum absolute atomic E-state index is 0.0893. The van der Waals surface area contributed by atoms with Crippen LogP contribution < -0.4 is 0 Å². The molecule has 1 heterocycles. The van der Waals surface area contributed by atoms with Crippen LogP contribution in [0.2, 0.25) is 0 Å². The van der Waals surface area contributed by atoms with Gasteiger partial charge in [-0.25, -0.2) is 9.37 Å². The van der Waals surface area contributed by atoms with Crippen molar-refractivity contribution in [3.8, 4) is 6.07 Å². The Morgan fingerprint density at radius 1 is 1.32 bits per heavy atom. The number of aryl methyl sites for hydroxylation is 2. The highest BCUT2D eigenvalue weighted by molar-refractivity contribution is 7.98. The first-order valence-corrected chi connectivity index (χ1v) is 6.84. The molecular weight excluding hydrogens is 259 g/mol. The van der Waals surface area contributed by atoms with Gasteiger partial charge < -0.3 is 0 Å². The van der Waals surface area contributed by atoms with Crippen LogP contribution in [-0.2, 0) is 5.75 Å². The molecule has 1 aromatic heterocycles. The van der Waals surface area contributed by atoms with Gasteiger partial charge in [0.2, 0.25) is 0 Å². The normalized spacial score (nSPS) is 10.2. The lowest BCUT2D eigenvalue weighted by molar-refractivity contribution is 0.613. The van der Waals surface area contributed by atoms with E-state index in [4.69, 9.17) is 5.26 Å². The third kappa shape index (κ3) is 3.33. The third-order valence-corrected chi connectivity index (χ3v) is 3.61. The van der Waals surface area contributed by atoms with Crippen molar-refractivity contribution in [3.05, 3.63) is 58.5 Å². The van der Waals surface area contributed by atoms with Crippen LogP contribution in [0.3, 0.4) is 0 Å². The van der Waals surface area contributed by atoms with Crippen LogP contribution in [0, 0.1) is 31.0 Å². The number of aromatic nitrogens is 1. The van der Waals surface area contributed by atoms with Gasteiger partial charge in [-0.05, 0) is 43.2 Å². The predicted molar refractivity (Wildman–Crippen MR) is 74.4 cm³/mol. The van der Waals surface area contributed by atoms with Gasteiger partial charge in [-0.15, -0.1) is 11.8 Å². The molecule has 2 aromatic rings. The van der Waals surface area contributed by atoms with Crippen LogP contribution in [0.25, 0.3) is 0 Å². The molecule has 0 amide bonds. The fourth-order valence-corrected chi connectivity index (χ4v) is 2.81. The third-order valence-electron chi connectivity index (χ3n) is 2.65. The van der Waals surface area contributed by atoms with E-state index in [2.05, 4.69) is 4.98 Å². The molecule has 2 nitrogen and oxygen atoms in total. The molecule has 0 aliphatic rings. The highest BCUT2D eigenvalue weighted by Crippen LogP contribution is 2.24. The Labute approximate surface area is 116 Å². The van der Waals surface area contributed by atoms with Crippen molar-refractivity contribution in [3.63, 3.8) is 0 Å². The summed E-state index contributed by atoms with van der Waals surface area (Å²) in [6.45, 7) is 3.95. The zero-order valence-corrected chi connectivity index (χ0v) is 11.6. The number of hydrogen-bond acceptors (Lipinski definition) is 3. The monoisotopic (exact) mass is 272 g/mol. The minimum atomic E-state index is -0.429. The molecule has 4 heteroatoms. The Bertz CT molecular complexity index is 627. The second-order valence-electron chi connectivity index (χ2n) is 4.30. The molecule has 0 unspecified atom stereocenters. The maximum atomic E-state index is 13.9. The van der Waals surface area contributed by atoms with E-state index in [1.54, 1.807) is 12.1 Å². The summed E-state index contributed by atoms with van der Waals surface area (Å²) in [5.41, 5.74) is 2.71. The van der Waals surface area contributed by atoms with E-state index in [9.17, 15) is 4.39 Å². The molecule has 0 aliphatic carbocycles. The van der Waals surface area contributed by atoms with E-state index in [1.165, 1.54) is 17.8 Å². The standard InChI is InChI=1S/C15H13FN2S/c1-10-6-11(2)18-14(7-10)19-9-13-5-3-4-12(8-17)15(13)16/h3-7H,9H2,1-2H3. The first-order chi connectivity index (χ1) is 9.10. The summed E-state index contributed by atoms with van der Waals surface area (Å²) >= 11 is 1.47. The van der Waals surface area contributed by atoms with Gasteiger partial charge in [0.25, 0.3) is 0 Å². The molecule has 0 aliphatic heterocycles. The molecular formula is C15H13FN2S. The number of benzene rings is 1. The van der Waals surface area contributed by atoms with E-state index < -0.39 is 5.82 Å². The second kappa shape index (κ2) is 5.85. The lowest BCUT2D eigenvalue weighted by Gasteiger charge is -2.05. The molecule has 2 rings (SSSR count). The van der Waals surface area contributed by atoms with Crippen molar-refractivity contribution >= 4 is 11.8 Å². The van der Waals surface area contributed by atoms with Gasteiger partial charge in [0, 0.05) is 11.4 Å². The van der Waals surface area contributed by atoms with E-state index >= 15 is 0 Å². The number of nitriles is 1. The minimum Gasteiger partial charge on any atom is -0.247 e. The summed E-state index contributed by atoms with van der Waals surface area (Å²) in [5, 5.41) is 9.67. The quantitative estimate of drug-likeness (QED) is 0.792. The van der Waals surface area contributed by atoms with Crippen LogP contribution in [0.4, 0.5) is 4.39 Å². The van der Waals surface area contributed by atoms with Crippen molar-refractivity contribution in [2.24, 2.45) is 0 Å². The Morgan fingerprint density at radius 3 is 2.79 bits per heavy atom. The van der Waals surface area contributed by atoms with Gasteiger partial charge in [0.15, 0.2) is 0 Å². The summed E-state index contributed by atoms with van der Waals surface area (Å²) in [6.07, 6.45) is 0. The average Bonchev–Trinajstić information content (AvgIpc) is 2.36. The topological polar surface area (TPSA) is 36.7 Å². The molecule has 0 spiro atoms. The number of hydrogen-bond donors (Lipinski definition) is 0. The lowest BCUT2D eigenvalue weighted by atomic mass is 10.1. The largest absolute Gasteiger partial charge is 0.247 e. The molecule has 0 saturated carbocycles. The number of thioether (sulfide) groups is 1. The van der Waals surface area contributed by atoms with Gasteiger partial charge in [-0.1, -0.05) is 12.1 Å². The fourth-order valence-electron chi connectivity index (χ4n) is 1.81. The summed E-state index contributed by atoms with van der Waals surface area (Å²) in [5.74, 6) is 0.0407. The molecule has 0 radical (unpaired) electrons. The Morgan fingerprint density at radius 2 is 2.11 bits per heavy atom. The summed E-state index contributed by atoms with van der Waals surface area (Å²) < 4.78 is 13.9. The van der Waals surface area contributed by atoms with Gasteiger partial charge >= 0.3 is 0 Å². The maximum absolute atomic E-state index is 13.9. The van der Waals surface area contributed by atoms with Crippen molar-refractivity contribution < 1.29 is 4.39 Å². The first-order valence-electron chi connectivity index (χ1n) is 5.85. The van der Waals surface area contributed by atoms with Crippen LogP contribution in [0.15, 0.2) is 35.4 Å². The van der Waals surface area contributed by atoms with E-state index in [0.717, 1.165) is 16.3 Å². The molecule has 0 fully saturated rings. The Hall–Kier alpha value is -1.86. The molecule has 19 heavy (non-hydrogen) atoms. The Kier molecular flexibility index (Phi) is 4.18. The summed E-state index contributed by atoms with van der Waals surface area (Å²) in [4.78, 5) is 4.40. The number of rotatable bonds is 3. The van der Waals surface area contributed by atoms with Crippen LogP contribution in [-0.4, -0.2) is 4.98 Å². The second-order valence-corrected chi connectivity index (χ2v) is 5.30. The SMILES string of the molecule is Cc1cc(C)nc(SCc2cccc(C#N)c2F)c1. The van der Waals surface area contributed by atoms with E-state index in [-0.39, 0.29) is 5.56 Å². The zero-order chi connectivity index (χ0) is 13.8. The molecule has 96 valence electrons. The lowest BCUT2D eigenvalue weighted by Crippen LogP contribution is -1.93. The van der Waals surface area contributed by atoms with Crippen molar-refractivity contribution in [1.82, 2.24) is 4.98 Å². The highest BCUT2D eigenvalue weighted by Gasteiger charge is 2.08. The summed E-state index contributed by atoms with van der Waals surface area (Å²) in [7, 11) is 0. The van der Waals surface area contributed by atoms with E-state index in [0.29, 0.717) is 11.3 Å². The molecule has 0 atom stereocenters. The van der Waals surface area contributed by atoms with Crippen LogP contribution >= 0.6 is 11.8 Å². The van der Waals surface area contributed by atoms with Gasteiger partial charge in [0.1, 0.15) is 11.9 Å². The number of halogens is 1. The van der Waals surface area contributed by atoms with Crippen LogP contribution in [0.5, 0.6) is 0 Å². The molecule has 0 N–H and O–H groups in total. The smallest absolute Gasteiger partial charge is 0.144 e. The molecule has 0 saturated heterocycles. The molecule has 0 bridgehead atoms. The number of pyridine rings is 1.